The number of piperidine rings is 1. The molecule has 1 fully saturated rings. The van der Waals surface area contributed by atoms with E-state index >= 15 is 0 Å². The first-order valence-corrected chi connectivity index (χ1v) is 9.30. The fraction of sp³-hybridized carbons (Fsp3) is 0.500. The molecule has 0 atom stereocenters. The lowest BCUT2D eigenvalue weighted by atomic mass is 10.1. The van der Waals surface area contributed by atoms with E-state index in [1.807, 2.05) is 6.92 Å². The molecule has 1 aliphatic heterocycles. The molecular formula is C16H21N3O4S. The van der Waals surface area contributed by atoms with E-state index in [9.17, 15) is 13.2 Å². The van der Waals surface area contributed by atoms with Crippen LogP contribution in [0.3, 0.4) is 0 Å². The third-order valence-electron chi connectivity index (χ3n) is 3.83. The van der Waals surface area contributed by atoms with Crippen LogP contribution < -0.4 is 10.1 Å². The first kappa shape index (κ1) is 18.2. The number of nitrogens with one attached hydrogen (secondary N) is 1. The fourth-order valence-electron chi connectivity index (χ4n) is 2.61. The van der Waals surface area contributed by atoms with Crippen molar-refractivity contribution in [3.05, 3.63) is 24.3 Å². The average molecular weight is 351 g/mol. The number of amides is 1. The molecule has 0 saturated carbocycles. The van der Waals surface area contributed by atoms with Gasteiger partial charge in [0.05, 0.1) is 17.6 Å². The average Bonchev–Trinajstić information content (AvgIpc) is 2.56. The van der Waals surface area contributed by atoms with E-state index in [2.05, 4.69) is 5.32 Å². The van der Waals surface area contributed by atoms with E-state index in [-0.39, 0.29) is 23.3 Å². The van der Waals surface area contributed by atoms with Crippen molar-refractivity contribution in [1.29, 1.82) is 5.26 Å². The van der Waals surface area contributed by atoms with Crippen LogP contribution in [0.2, 0.25) is 0 Å². The summed E-state index contributed by atoms with van der Waals surface area (Å²) in [5.74, 6) is 0.320. The molecule has 1 aromatic carbocycles. The summed E-state index contributed by atoms with van der Waals surface area (Å²) in [4.78, 5) is 11.7. The number of hydrogen-bond acceptors (Lipinski definition) is 5. The summed E-state index contributed by atoms with van der Waals surface area (Å²) >= 11 is 0. The first-order valence-electron chi connectivity index (χ1n) is 7.86. The fourth-order valence-corrected chi connectivity index (χ4v) is 4.08. The van der Waals surface area contributed by atoms with Gasteiger partial charge in [0.2, 0.25) is 15.9 Å². The maximum Gasteiger partial charge on any atom is 0.243 e. The summed E-state index contributed by atoms with van der Waals surface area (Å²) in [6, 6.07) is 8.08. The summed E-state index contributed by atoms with van der Waals surface area (Å²) in [6.45, 7) is 3.07. The second kappa shape index (κ2) is 8.13. The van der Waals surface area contributed by atoms with Crippen LogP contribution in [0.1, 0.15) is 26.2 Å². The Morgan fingerprint density at radius 1 is 1.33 bits per heavy atom. The van der Waals surface area contributed by atoms with Gasteiger partial charge >= 0.3 is 0 Å². The molecule has 0 spiro atoms. The van der Waals surface area contributed by atoms with Gasteiger partial charge in [0.25, 0.3) is 0 Å². The van der Waals surface area contributed by atoms with Gasteiger partial charge < -0.3 is 10.1 Å². The van der Waals surface area contributed by atoms with Crippen molar-refractivity contribution in [3.63, 3.8) is 0 Å². The van der Waals surface area contributed by atoms with Gasteiger partial charge in [-0.05, 0) is 44.0 Å². The van der Waals surface area contributed by atoms with Gasteiger partial charge in [0, 0.05) is 19.1 Å². The van der Waals surface area contributed by atoms with Gasteiger partial charge in [-0.15, -0.1) is 0 Å². The smallest absolute Gasteiger partial charge is 0.243 e. The lowest BCUT2D eigenvalue weighted by molar-refractivity contribution is -0.121. The minimum Gasteiger partial charge on any atom is -0.494 e. The molecule has 0 unspecified atom stereocenters. The molecule has 1 aromatic rings. The SMILES string of the molecule is CCOc1ccc(S(=O)(=O)N2CCC(NC(=O)CC#N)CC2)cc1. The lowest BCUT2D eigenvalue weighted by Crippen LogP contribution is -2.46. The van der Waals surface area contributed by atoms with E-state index in [1.54, 1.807) is 30.3 Å². The summed E-state index contributed by atoms with van der Waals surface area (Å²) in [7, 11) is -3.54. The van der Waals surface area contributed by atoms with E-state index in [1.165, 1.54) is 4.31 Å². The normalized spacial score (nSPS) is 16.3. The molecule has 0 aliphatic carbocycles. The number of nitriles is 1. The van der Waals surface area contributed by atoms with Crippen molar-refractivity contribution in [3.8, 4) is 11.8 Å². The van der Waals surface area contributed by atoms with Gasteiger partial charge in [0.1, 0.15) is 12.2 Å². The minimum absolute atomic E-state index is 0.0855. The van der Waals surface area contributed by atoms with Crippen LogP contribution in [-0.4, -0.2) is 44.4 Å². The van der Waals surface area contributed by atoms with Gasteiger partial charge in [-0.25, -0.2) is 8.42 Å². The highest BCUT2D eigenvalue weighted by molar-refractivity contribution is 7.89. The van der Waals surface area contributed by atoms with Crippen LogP contribution in [0.5, 0.6) is 5.75 Å². The van der Waals surface area contributed by atoms with Crippen molar-refractivity contribution >= 4 is 15.9 Å². The molecule has 24 heavy (non-hydrogen) atoms. The molecule has 8 heteroatoms. The van der Waals surface area contributed by atoms with Crippen molar-refractivity contribution in [2.75, 3.05) is 19.7 Å². The number of ether oxygens (including phenoxy) is 1. The van der Waals surface area contributed by atoms with Gasteiger partial charge in [-0.1, -0.05) is 0 Å². The zero-order chi connectivity index (χ0) is 17.6. The number of carbonyl (C=O) groups excluding carboxylic acids is 1. The zero-order valence-corrected chi connectivity index (χ0v) is 14.4. The Hall–Kier alpha value is -2.11. The number of rotatable bonds is 6. The van der Waals surface area contributed by atoms with Crippen LogP contribution in [0, 0.1) is 11.3 Å². The van der Waals surface area contributed by atoms with Crippen LogP contribution in [0.4, 0.5) is 0 Å². The van der Waals surface area contributed by atoms with E-state index in [0.29, 0.717) is 38.3 Å². The highest BCUT2D eigenvalue weighted by Crippen LogP contribution is 2.23. The number of nitrogens with zero attached hydrogens (tertiary/aromatic N) is 2. The Morgan fingerprint density at radius 2 is 1.96 bits per heavy atom. The van der Waals surface area contributed by atoms with Crippen LogP contribution in [0.15, 0.2) is 29.2 Å². The number of benzene rings is 1. The maximum atomic E-state index is 12.6. The van der Waals surface area contributed by atoms with E-state index < -0.39 is 10.0 Å². The van der Waals surface area contributed by atoms with Crippen LogP contribution in [-0.2, 0) is 14.8 Å². The van der Waals surface area contributed by atoms with E-state index in [4.69, 9.17) is 10.00 Å². The van der Waals surface area contributed by atoms with Gasteiger partial charge in [-0.2, -0.15) is 9.57 Å². The van der Waals surface area contributed by atoms with Crippen molar-refractivity contribution in [1.82, 2.24) is 9.62 Å². The van der Waals surface area contributed by atoms with Crippen molar-refractivity contribution < 1.29 is 17.9 Å². The van der Waals surface area contributed by atoms with Gasteiger partial charge in [-0.3, -0.25) is 4.79 Å². The Labute approximate surface area is 142 Å². The molecule has 1 aliphatic rings. The predicted octanol–water partition coefficient (Wildman–Crippen LogP) is 1.27. The summed E-state index contributed by atoms with van der Waals surface area (Å²) in [5, 5.41) is 11.2. The second-order valence-electron chi connectivity index (χ2n) is 5.49. The Kier molecular flexibility index (Phi) is 6.17. The standard InChI is InChI=1S/C16H21N3O4S/c1-2-23-14-3-5-15(6-4-14)24(21,22)19-11-8-13(9-12-19)18-16(20)7-10-17/h3-6,13H,2,7-9,11-12H2,1H3,(H,18,20). The first-order chi connectivity index (χ1) is 11.5. The molecular weight excluding hydrogens is 330 g/mol. The monoisotopic (exact) mass is 351 g/mol. The Balaban J connectivity index is 1.97. The molecule has 7 nitrogen and oxygen atoms in total. The minimum atomic E-state index is -3.54. The molecule has 0 radical (unpaired) electrons. The highest BCUT2D eigenvalue weighted by Gasteiger charge is 2.29. The molecule has 1 N–H and O–H groups in total. The molecule has 130 valence electrons. The Morgan fingerprint density at radius 3 is 2.50 bits per heavy atom. The number of hydrogen-bond donors (Lipinski definition) is 1. The largest absolute Gasteiger partial charge is 0.494 e. The highest BCUT2D eigenvalue weighted by atomic mass is 32.2. The van der Waals surface area contributed by atoms with Crippen molar-refractivity contribution in [2.24, 2.45) is 0 Å². The van der Waals surface area contributed by atoms with Crippen LogP contribution >= 0.6 is 0 Å². The molecule has 0 aromatic heterocycles. The summed E-state index contributed by atoms with van der Waals surface area (Å²) < 4.78 is 32.0. The van der Waals surface area contributed by atoms with Crippen LogP contribution in [0.25, 0.3) is 0 Å². The quantitative estimate of drug-likeness (QED) is 0.832. The molecule has 1 heterocycles. The molecule has 2 rings (SSSR count). The maximum absolute atomic E-state index is 12.6. The molecule has 0 bridgehead atoms. The topological polar surface area (TPSA) is 99.5 Å². The zero-order valence-electron chi connectivity index (χ0n) is 13.6. The third-order valence-corrected chi connectivity index (χ3v) is 5.74. The number of sulfonamides is 1. The summed E-state index contributed by atoms with van der Waals surface area (Å²) in [6.07, 6.45) is 0.894. The summed E-state index contributed by atoms with van der Waals surface area (Å²) in [5.41, 5.74) is 0. The lowest BCUT2D eigenvalue weighted by Gasteiger charge is -2.31. The van der Waals surface area contributed by atoms with Gasteiger partial charge in [0.15, 0.2) is 0 Å². The van der Waals surface area contributed by atoms with Crippen molar-refractivity contribution in [2.45, 2.75) is 37.1 Å². The Bertz CT molecular complexity index is 702. The third kappa shape index (κ3) is 4.46. The molecule has 1 amide bonds. The van der Waals surface area contributed by atoms with E-state index in [0.717, 1.165) is 0 Å². The predicted molar refractivity (Wildman–Crippen MR) is 87.8 cm³/mol. The number of carbonyl (C=O) groups is 1. The molecule has 1 saturated heterocycles. The second-order valence-corrected chi connectivity index (χ2v) is 7.42.